The Bertz CT molecular complexity index is 641. The first-order valence-electron chi connectivity index (χ1n) is 5.58. The molecule has 3 nitrogen and oxygen atoms in total. The van der Waals surface area contributed by atoms with Crippen LogP contribution >= 0.6 is 0 Å². The largest absolute Gasteiger partial charge is 0.338 e. The molecule has 1 aromatic heterocycles. The summed E-state index contributed by atoms with van der Waals surface area (Å²) in [5.74, 6) is 5.79. The third kappa shape index (κ3) is 1.76. The maximum Gasteiger partial charge on any atom is 0.115 e. The molecule has 0 atom stereocenters. The van der Waals surface area contributed by atoms with E-state index in [1.807, 2.05) is 18.2 Å². The van der Waals surface area contributed by atoms with Gasteiger partial charge in [-0.15, -0.1) is 0 Å². The molecule has 0 aliphatic heterocycles. The number of aromatic nitrogens is 2. The molecule has 0 fully saturated rings. The van der Waals surface area contributed by atoms with Crippen LogP contribution in [0.1, 0.15) is 11.1 Å². The number of para-hydroxylation sites is 1. The Morgan fingerprint density at radius 1 is 1.00 bits per heavy atom. The second-order valence-corrected chi connectivity index (χ2v) is 4.10. The lowest BCUT2D eigenvalue weighted by Gasteiger charge is -2.03. The van der Waals surface area contributed by atoms with Gasteiger partial charge in [-0.2, -0.15) is 0 Å². The summed E-state index contributed by atoms with van der Waals surface area (Å²) in [6, 6.07) is 16.5. The predicted octanol–water partition coefficient (Wildman–Crippen LogP) is 2.34. The average Bonchev–Trinajstić information content (AvgIpc) is 2.74. The molecule has 0 bridgehead atoms. The van der Waals surface area contributed by atoms with E-state index in [-0.39, 0.29) is 0 Å². The van der Waals surface area contributed by atoms with Crippen molar-refractivity contribution in [1.82, 2.24) is 9.66 Å². The van der Waals surface area contributed by atoms with Crippen LogP contribution in [0.5, 0.6) is 0 Å². The minimum atomic E-state index is 0.884. The molecule has 0 saturated carbocycles. The molecule has 0 aliphatic rings. The average molecular weight is 223 g/mol. The van der Waals surface area contributed by atoms with Crippen molar-refractivity contribution in [2.75, 3.05) is 5.84 Å². The summed E-state index contributed by atoms with van der Waals surface area (Å²) >= 11 is 0. The lowest BCUT2D eigenvalue weighted by molar-refractivity contribution is 1.04. The van der Waals surface area contributed by atoms with Gasteiger partial charge in [0.1, 0.15) is 6.33 Å². The standard InChI is InChI=1S/C14H13N3/c15-17-10-16-14-12(7-4-8-13(14)17)9-11-5-2-1-3-6-11/h1-8,10H,9,15H2. The van der Waals surface area contributed by atoms with Crippen LogP contribution in [0.4, 0.5) is 0 Å². The molecule has 0 unspecified atom stereocenters. The van der Waals surface area contributed by atoms with Gasteiger partial charge in [-0.05, 0) is 23.6 Å². The summed E-state index contributed by atoms with van der Waals surface area (Å²) < 4.78 is 1.56. The third-order valence-corrected chi connectivity index (χ3v) is 2.93. The van der Waals surface area contributed by atoms with Crippen molar-refractivity contribution in [2.45, 2.75) is 6.42 Å². The van der Waals surface area contributed by atoms with Crippen LogP contribution in [-0.4, -0.2) is 9.66 Å². The van der Waals surface area contributed by atoms with Crippen LogP contribution in [0.3, 0.4) is 0 Å². The maximum atomic E-state index is 5.79. The monoisotopic (exact) mass is 223 g/mol. The highest BCUT2D eigenvalue weighted by molar-refractivity contribution is 5.79. The van der Waals surface area contributed by atoms with Crippen molar-refractivity contribution in [3.8, 4) is 0 Å². The van der Waals surface area contributed by atoms with E-state index in [9.17, 15) is 0 Å². The van der Waals surface area contributed by atoms with Crippen LogP contribution < -0.4 is 5.84 Å². The Morgan fingerprint density at radius 2 is 1.82 bits per heavy atom. The van der Waals surface area contributed by atoms with E-state index >= 15 is 0 Å². The number of nitrogen functional groups attached to an aromatic ring is 1. The van der Waals surface area contributed by atoms with Gasteiger partial charge >= 0.3 is 0 Å². The topological polar surface area (TPSA) is 43.8 Å². The van der Waals surface area contributed by atoms with Crippen molar-refractivity contribution >= 4 is 11.0 Å². The van der Waals surface area contributed by atoms with Gasteiger partial charge in [0.25, 0.3) is 0 Å². The van der Waals surface area contributed by atoms with Crippen molar-refractivity contribution in [3.63, 3.8) is 0 Å². The van der Waals surface area contributed by atoms with Crippen molar-refractivity contribution in [2.24, 2.45) is 0 Å². The Kier molecular flexibility index (Phi) is 2.29. The highest BCUT2D eigenvalue weighted by Crippen LogP contribution is 2.18. The van der Waals surface area contributed by atoms with Crippen molar-refractivity contribution in [1.29, 1.82) is 0 Å². The van der Waals surface area contributed by atoms with Crippen LogP contribution in [0, 0.1) is 0 Å². The van der Waals surface area contributed by atoms with Crippen LogP contribution in [0.25, 0.3) is 11.0 Å². The van der Waals surface area contributed by atoms with Crippen LogP contribution in [0.2, 0.25) is 0 Å². The van der Waals surface area contributed by atoms with Gasteiger partial charge in [-0.3, -0.25) is 0 Å². The van der Waals surface area contributed by atoms with Gasteiger partial charge < -0.3 is 5.84 Å². The molecule has 0 radical (unpaired) electrons. The number of rotatable bonds is 2. The first-order chi connectivity index (χ1) is 8.34. The Labute approximate surface area is 99.5 Å². The van der Waals surface area contributed by atoms with Gasteiger partial charge in [0.15, 0.2) is 0 Å². The highest BCUT2D eigenvalue weighted by atomic mass is 15.3. The number of imidazole rings is 1. The molecule has 0 saturated heterocycles. The molecule has 3 rings (SSSR count). The first kappa shape index (κ1) is 9.90. The van der Waals surface area contributed by atoms with Crippen LogP contribution in [-0.2, 0) is 6.42 Å². The zero-order chi connectivity index (χ0) is 11.7. The van der Waals surface area contributed by atoms with Crippen molar-refractivity contribution < 1.29 is 0 Å². The smallest absolute Gasteiger partial charge is 0.115 e. The van der Waals surface area contributed by atoms with E-state index in [0.29, 0.717) is 0 Å². The Balaban J connectivity index is 2.06. The van der Waals surface area contributed by atoms with Gasteiger partial charge in [0.05, 0.1) is 11.0 Å². The molecule has 0 aliphatic carbocycles. The SMILES string of the molecule is Nn1cnc2c(Cc3ccccc3)cccc21. The fraction of sp³-hybridized carbons (Fsp3) is 0.0714. The van der Waals surface area contributed by atoms with E-state index in [0.717, 1.165) is 17.5 Å². The van der Waals surface area contributed by atoms with Crippen LogP contribution in [0.15, 0.2) is 54.9 Å². The summed E-state index contributed by atoms with van der Waals surface area (Å²) in [6.45, 7) is 0. The minimum absolute atomic E-state index is 0.884. The van der Waals surface area contributed by atoms with E-state index in [2.05, 4.69) is 35.3 Å². The van der Waals surface area contributed by atoms with Gasteiger partial charge in [-0.25, -0.2) is 9.66 Å². The molecule has 84 valence electrons. The number of benzene rings is 2. The number of fused-ring (bicyclic) bond motifs is 1. The Morgan fingerprint density at radius 3 is 2.65 bits per heavy atom. The fourth-order valence-corrected chi connectivity index (χ4v) is 2.08. The van der Waals surface area contributed by atoms with E-state index < -0.39 is 0 Å². The van der Waals surface area contributed by atoms with Gasteiger partial charge in [0.2, 0.25) is 0 Å². The number of hydrogen-bond acceptors (Lipinski definition) is 2. The lowest BCUT2D eigenvalue weighted by atomic mass is 10.0. The first-order valence-corrected chi connectivity index (χ1v) is 5.58. The van der Waals surface area contributed by atoms with Gasteiger partial charge in [0, 0.05) is 0 Å². The van der Waals surface area contributed by atoms with Crippen molar-refractivity contribution in [3.05, 3.63) is 66.0 Å². The molecule has 2 N–H and O–H groups in total. The second kappa shape index (κ2) is 3.94. The molecule has 3 heteroatoms. The molecule has 0 amide bonds. The zero-order valence-corrected chi connectivity index (χ0v) is 9.38. The second-order valence-electron chi connectivity index (χ2n) is 4.10. The fourth-order valence-electron chi connectivity index (χ4n) is 2.08. The number of nitrogens with two attached hydrogens (primary N) is 1. The third-order valence-electron chi connectivity index (χ3n) is 2.93. The lowest BCUT2D eigenvalue weighted by Crippen LogP contribution is -2.05. The summed E-state index contributed by atoms with van der Waals surface area (Å²) in [4.78, 5) is 4.35. The van der Waals surface area contributed by atoms with E-state index in [1.54, 1.807) is 11.0 Å². The summed E-state index contributed by atoms with van der Waals surface area (Å²) in [7, 11) is 0. The molecular formula is C14H13N3. The molecule has 17 heavy (non-hydrogen) atoms. The predicted molar refractivity (Wildman–Crippen MR) is 69.1 cm³/mol. The minimum Gasteiger partial charge on any atom is -0.338 e. The van der Waals surface area contributed by atoms with E-state index in [1.165, 1.54) is 11.1 Å². The molecule has 0 spiro atoms. The molecule has 1 heterocycles. The summed E-state index contributed by atoms with van der Waals surface area (Å²) in [6.07, 6.45) is 2.54. The molecule has 3 aromatic rings. The zero-order valence-electron chi connectivity index (χ0n) is 9.38. The number of hydrogen-bond donors (Lipinski definition) is 1. The summed E-state index contributed by atoms with van der Waals surface area (Å²) in [5, 5.41) is 0. The molecule has 2 aromatic carbocycles. The van der Waals surface area contributed by atoms with Gasteiger partial charge in [-0.1, -0.05) is 42.5 Å². The highest BCUT2D eigenvalue weighted by Gasteiger charge is 2.05. The maximum absolute atomic E-state index is 5.79. The summed E-state index contributed by atoms with van der Waals surface area (Å²) in [5.41, 5.74) is 4.45. The number of nitrogens with zero attached hydrogens (tertiary/aromatic N) is 2. The molecular weight excluding hydrogens is 210 g/mol. The van der Waals surface area contributed by atoms with E-state index in [4.69, 9.17) is 5.84 Å². The Hall–Kier alpha value is -2.29. The quantitative estimate of drug-likeness (QED) is 0.678. The normalized spacial score (nSPS) is 10.8.